The molecule has 7 nitrogen and oxygen atoms in total. The van der Waals surface area contributed by atoms with Crippen molar-refractivity contribution in [2.75, 3.05) is 5.32 Å². The van der Waals surface area contributed by atoms with E-state index in [2.05, 4.69) is 30.9 Å². The topological polar surface area (TPSA) is 96.5 Å². The summed E-state index contributed by atoms with van der Waals surface area (Å²) in [5, 5.41) is 16.6. The van der Waals surface area contributed by atoms with Gasteiger partial charge in [-0.25, -0.2) is 4.98 Å². The third-order valence-electron chi connectivity index (χ3n) is 2.73. The summed E-state index contributed by atoms with van der Waals surface area (Å²) < 4.78 is 0. The second-order valence-electron chi connectivity index (χ2n) is 4.11. The molecule has 0 aliphatic carbocycles. The summed E-state index contributed by atoms with van der Waals surface area (Å²) in [6.07, 6.45) is 1.52. The number of amides is 1. The number of carbonyl (C=O) groups excluding carboxylic acids is 1. The van der Waals surface area contributed by atoms with Crippen molar-refractivity contribution in [1.29, 1.82) is 0 Å². The predicted molar refractivity (Wildman–Crippen MR) is 76.8 cm³/mol. The zero-order chi connectivity index (χ0) is 14.7. The first-order valence-corrected chi connectivity index (χ1v) is 6.37. The number of carbonyl (C=O) groups is 1. The molecule has 8 heteroatoms. The first-order chi connectivity index (χ1) is 10.2. The average molecular weight is 301 g/mol. The van der Waals surface area contributed by atoms with Gasteiger partial charge in [-0.05, 0) is 29.5 Å². The molecule has 0 saturated carbocycles. The van der Waals surface area contributed by atoms with E-state index in [-0.39, 0.29) is 11.1 Å². The Morgan fingerprint density at radius 2 is 2.14 bits per heavy atom. The molecule has 3 aromatic rings. The van der Waals surface area contributed by atoms with E-state index < -0.39 is 0 Å². The van der Waals surface area contributed by atoms with E-state index in [0.717, 1.165) is 5.56 Å². The number of hydrogen-bond acceptors (Lipinski definition) is 5. The number of benzene rings is 1. The third-order valence-corrected chi connectivity index (χ3v) is 3.03. The maximum atomic E-state index is 12.1. The van der Waals surface area contributed by atoms with Crippen LogP contribution < -0.4 is 5.32 Å². The normalized spacial score (nSPS) is 10.3. The predicted octanol–water partition coefficient (Wildman–Crippen LogP) is 2.17. The van der Waals surface area contributed by atoms with Crippen LogP contribution in [0.2, 0.25) is 5.15 Å². The Bertz CT molecular complexity index is 774. The van der Waals surface area contributed by atoms with Crippen LogP contribution in [0, 0.1) is 0 Å². The van der Waals surface area contributed by atoms with Crippen molar-refractivity contribution in [2.45, 2.75) is 0 Å². The van der Waals surface area contributed by atoms with Gasteiger partial charge in [-0.1, -0.05) is 23.7 Å². The molecule has 0 aliphatic rings. The van der Waals surface area contributed by atoms with Gasteiger partial charge in [0.05, 0.1) is 5.56 Å². The monoisotopic (exact) mass is 300 g/mol. The molecule has 0 unspecified atom stereocenters. The van der Waals surface area contributed by atoms with Crippen molar-refractivity contribution in [2.24, 2.45) is 0 Å². The summed E-state index contributed by atoms with van der Waals surface area (Å²) in [7, 11) is 0. The number of tetrazole rings is 1. The molecular formula is C13H9ClN6O. The molecule has 21 heavy (non-hydrogen) atoms. The molecule has 3 rings (SSSR count). The molecule has 0 saturated heterocycles. The van der Waals surface area contributed by atoms with Crippen LogP contribution in [0.15, 0.2) is 42.6 Å². The van der Waals surface area contributed by atoms with Crippen molar-refractivity contribution in [1.82, 2.24) is 25.6 Å². The summed E-state index contributed by atoms with van der Waals surface area (Å²) in [6.45, 7) is 0. The highest BCUT2D eigenvalue weighted by Gasteiger charge is 2.11. The fraction of sp³-hybridized carbons (Fsp3) is 0. The van der Waals surface area contributed by atoms with Crippen LogP contribution in [0.4, 0.5) is 5.69 Å². The Balaban J connectivity index is 1.84. The minimum atomic E-state index is -0.335. The molecule has 1 amide bonds. The van der Waals surface area contributed by atoms with Gasteiger partial charge in [0.15, 0.2) is 0 Å². The number of nitrogens with zero attached hydrogens (tertiary/aromatic N) is 4. The molecule has 2 N–H and O–H groups in total. The highest BCUT2D eigenvalue weighted by Crippen LogP contribution is 2.20. The summed E-state index contributed by atoms with van der Waals surface area (Å²) in [5.74, 6) is 0.115. The first kappa shape index (κ1) is 13.2. The van der Waals surface area contributed by atoms with Crippen LogP contribution >= 0.6 is 11.6 Å². The van der Waals surface area contributed by atoms with Gasteiger partial charge in [0.1, 0.15) is 5.15 Å². The first-order valence-electron chi connectivity index (χ1n) is 6.00. The molecule has 2 heterocycles. The van der Waals surface area contributed by atoms with E-state index in [1.54, 1.807) is 30.3 Å². The fourth-order valence-electron chi connectivity index (χ4n) is 1.77. The zero-order valence-corrected chi connectivity index (χ0v) is 11.4. The Kier molecular flexibility index (Phi) is 3.57. The smallest absolute Gasteiger partial charge is 0.258 e. The van der Waals surface area contributed by atoms with Crippen LogP contribution in [0.25, 0.3) is 11.4 Å². The van der Waals surface area contributed by atoms with Crippen LogP contribution in [-0.4, -0.2) is 31.5 Å². The van der Waals surface area contributed by atoms with Crippen LogP contribution in [-0.2, 0) is 0 Å². The number of aromatic amines is 1. The van der Waals surface area contributed by atoms with Crippen LogP contribution in [0.5, 0.6) is 0 Å². The lowest BCUT2D eigenvalue weighted by Crippen LogP contribution is -2.12. The lowest BCUT2D eigenvalue weighted by Gasteiger charge is -2.06. The maximum Gasteiger partial charge on any atom is 0.258 e. The highest BCUT2D eigenvalue weighted by atomic mass is 35.5. The van der Waals surface area contributed by atoms with E-state index >= 15 is 0 Å². The number of halogens is 1. The van der Waals surface area contributed by atoms with Gasteiger partial charge in [-0.3, -0.25) is 4.79 Å². The lowest BCUT2D eigenvalue weighted by molar-refractivity contribution is 0.102. The van der Waals surface area contributed by atoms with E-state index in [0.29, 0.717) is 17.1 Å². The molecule has 104 valence electrons. The van der Waals surface area contributed by atoms with Crippen molar-refractivity contribution >= 4 is 23.2 Å². The lowest BCUT2D eigenvalue weighted by atomic mass is 10.2. The summed E-state index contributed by atoms with van der Waals surface area (Å²) in [6, 6.07) is 10.4. The second kappa shape index (κ2) is 5.68. The van der Waals surface area contributed by atoms with Gasteiger partial charge in [0, 0.05) is 17.4 Å². The maximum absolute atomic E-state index is 12.1. The van der Waals surface area contributed by atoms with Crippen molar-refractivity contribution in [3.05, 3.63) is 53.3 Å². The standard InChI is InChI=1S/C13H9ClN6O/c14-11-10(5-2-6-15-11)13(21)16-9-4-1-3-8(7-9)12-17-19-20-18-12/h1-7H,(H,16,21)(H,17,18,19,20). The third kappa shape index (κ3) is 2.87. The number of hydrogen-bond donors (Lipinski definition) is 2. The van der Waals surface area contributed by atoms with Gasteiger partial charge in [-0.15, -0.1) is 10.2 Å². The second-order valence-corrected chi connectivity index (χ2v) is 4.47. The molecule has 0 bridgehead atoms. The quantitative estimate of drug-likeness (QED) is 0.723. The summed E-state index contributed by atoms with van der Waals surface area (Å²) >= 11 is 5.89. The van der Waals surface area contributed by atoms with Gasteiger partial charge < -0.3 is 5.32 Å². The number of rotatable bonds is 3. The average Bonchev–Trinajstić information content (AvgIpc) is 3.02. The van der Waals surface area contributed by atoms with Gasteiger partial charge in [0.2, 0.25) is 5.82 Å². The van der Waals surface area contributed by atoms with Gasteiger partial charge in [0.25, 0.3) is 5.91 Å². The SMILES string of the molecule is O=C(Nc1cccc(-c2nn[nH]n2)c1)c1cccnc1Cl. The molecule has 0 radical (unpaired) electrons. The minimum Gasteiger partial charge on any atom is -0.322 e. The number of anilines is 1. The van der Waals surface area contributed by atoms with E-state index in [4.69, 9.17) is 11.6 Å². The van der Waals surface area contributed by atoms with Gasteiger partial charge in [-0.2, -0.15) is 5.21 Å². The summed E-state index contributed by atoms with van der Waals surface area (Å²) in [4.78, 5) is 16.0. The molecule has 0 fully saturated rings. The van der Waals surface area contributed by atoms with E-state index in [1.165, 1.54) is 6.20 Å². The Morgan fingerprint density at radius 1 is 1.24 bits per heavy atom. The number of aromatic nitrogens is 5. The van der Waals surface area contributed by atoms with E-state index in [1.807, 2.05) is 6.07 Å². The van der Waals surface area contributed by atoms with Crippen LogP contribution in [0.1, 0.15) is 10.4 Å². The van der Waals surface area contributed by atoms with Crippen molar-refractivity contribution in [3.63, 3.8) is 0 Å². The molecular weight excluding hydrogens is 292 g/mol. The zero-order valence-electron chi connectivity index (χ0n) is 10.6. The molecule has 0 spiro atoms. The van der Waals surface area contributed by atoms with E-state index in [9.17, 15) is 4.79 Å². The minimum absolute atomic E-state index is 0.157. The number of nitrogens with one attached hydrogen (secondary N) is 2. The van der Waals surface area contributed by atoms with Gasteiger partial charge >= 0.3 is 0 Å². The Labute approximate surface area is 124 Å². The van der Waals surface area contributed by atoms with Crippen molar-refractivity contribution < 1.29 is 4.79 Å². The summed E-state index contributed by atoms with van der Waals surface area (Å²) in [5.41, 5.74) is 1.64. The number of pyridine rings is 1. The Hall–Kier alpha value is -2.80. The molecule has 0 aliphatic heterocycles. The largest absolute Gasteiger partial charge is 0.322 e. The van der Waals surface area contributed by atoms with Crippen LogP contribution in [0.3, 0.4) is 0 Å². The molecule has 2 aromatic heterocycles. The fourth-order valence-corrected chi connectivity index (χ4v) is 1.98. The highest BCUT2D eigenvalue weighted by molar-refractivity contribution is 6.33. The Morgan fingerprint density at radius 3 is 2.90 bits per heavy atom. The number of H-pyrrole nitrogens is 1. The molecule has 1 aromatic carbocycles. The molecule has 0 atom stereocenters. The van der Waals surface area contributed by atoms with Crippen molar-refractivity contribution in [3.8, 4) is 11.4 Å².